The molecule has 3 heteroatoms. The molecule has 0 spiro atoms. The van der Waals surface area contributed by atoms with E-state index < -0.39 is 0 Å². The Hall–Kier alpha value is 0.394. The lowest BCUT2D eigenvalue weighted by Crippen LogP contribution is -1.55. The second-order valence-corrected chi connectivity index (χ2v) is 0.408. The summed E-state index contributed by atoms with van der Waals surface area (Å²) in [6.07, 6.45) is 0. The molecule has 0 aromatic rings. The van der Waals surface area contributed by atoms with Crippen molar-refractivity contribution >= 4 is 21.9 Å². The van der Waals surface area contributed by atoms with Crippen molar-refractivity contribution < 1.29 is 4.74 Å². The number of rotatable bonds is 0. The lowest BCUT2D eigenvalue weighted by molar-refractivity contribution is 0.277. The summed E-state index contributed by atoms with van der Waals surface area (Å²) < 4.78 is 4.25. The van der Waals surface area contributed by atoms with Crippen molar-refractivity contribution in [2.45, 2.75) is 0 Å². The van der Waals surface area contributed by atoms with E-state index in [2.05, 4.69) is 4.74 Å². The van der Waals surface area contributed by atoms with Crippen LogP contribution in [0.15, 0.2) is 0 Å². The fraction of sp³-hybridized carbons (Fsp3) is 1.00. The van der Waals surface area contributed by atoms with E-state index in [0.29, 0.717) is 0 Å². The van der Waals surface area contributed by atoms with Crippen molar-refractivity contribution in [2.24, 2.45) is 0 Å². The first-order valence-corrected chi connectivity index (χ1v) is 0.816. The summed E-state index contributed by atoms with van der Waals surface area (Å²) in [6.45, 7) is 0. The van der Waals surface area contributed by atoms with E-state index in [1.54, 1.807) is 14.2 Å². The minimum Gasteiger partial charge on any atom is -0.388 e. The Kier molecular flexibility index (Phi) is 94.7. The molecular weight excluding hydrogens is 96.2 g/mol. The SMILES string of the molecule is COC.[SiH4].[SiH4]. The first-order chi connectivity index (χ1) is 1.41. The molecular formula is C2H14OSi2. The molecule has 0 N–H and O–H groups in total. The summed E-state index contributed by atoms with van der Waals surface area (Å²) in [5, 5.41) is 0. The van der Waals surface area contributed by atoms with Gasteiger partial charge < -0.3 is 4.74 Å². The Morgan fingerprint density at radius 1 is 1.00 bits per heavy atom. The lowest BCUT2D eigenvalue weighted by Gasteiger charge is -1.61. The molecule has 0 amide bonds. The van der Waals surface area contributed by atoms with Crippen LogP contribution in [0.5, 0.6) is 0 Å². The molecule has 0 unspecified atom stereocenters. The third-order valence-electron chi connectivity index (χ3n) is 0. The van der Waals surface area contributed by atoms with Crippen LogP contribution in [0.25, 0.3) is 0 Å². The van der Waals surface area contributed by atoms with E-state index in [0.717, 1.165) is 0 Å². The fourth-order valence-electron chi connectivity index (χ4n) is 0. The smallest absolute Gasteiger partial charge is 0.0351 e. The van der Waals surface area contributed by atoms with Crippen LogP contribution < -0.4 is 0 Å². The van der Waals surface area contributed by atoms with Crippen LogP contribution in [-0.4, -0.2) is 36.2 Å². The van der Waals surface area contributed by atoms with Gasteiger partial charge in [0, 0.05) is 14.2 Å². The lowest BCUT2D eigenvalue weighted by atomic mass is 11.6. The van der Waals surface area contributed by atoms with Gasteiger partial charge in [-0.3, -0.25) is 0 Å². The fourth-order valence-corrected chi connectivity index (χ4v) is 0. The molecule has 5 heavy (non-hydrogen) atoms. The zero-order valence-corrected chi connectivity index (χ0v) is 2.41. The molecule has 0 aliphatic heterocycles. The Bertz CT molecular complexity index is 7.61. The van der Waals surface area contributed by atoms with Crippen LogP contribution in [0, 0.1) is 0 Å². The van der Waals surface area contributed by atoms with Crippen molar-refractivity contribution in [1.82, 2.24) is 0 Å². The highest BCUT2D eigenvalue weighted by Gasteiger charge is 1.25. The van der Waals surface area contributed by atoms with Gasteiger partial charge in [-0.25, -0.2) is 0 Å². The highest BCUT2D eigenvalue weighted by Crippen LogP contribution is 1.28. The first kappa shape index (κ1) is 18.2. The summed E-state index contributed by atoms with van der Waals surface area (Å²) in [6, 6.07) is 0. The van der Waals surface area contributed by atoms with Crippen LogP contribution in [0.1, 0.15) is 0 Å². The van der Waals surface area contributed by atoms with Crippen LogP contribution >= 0.6 is 0 Å². The summed E-state index contributed by atoms with van der Waals surface area (Å²) in [5.41, 5.74) is 0. The zero-order valence-electron chi connectivity index (χ0n) is 2.41. The van der Waals surface area contributed by atoms with Crippen LogP contribution in [-0.2, 0) is 4.74 Å². The average Bonchev–Trinajstić information content (AvgIpc) is 0.918. The Labute approximate surface area is 41.8 Å². The van der Waals surface area contributed by atoms with Gasteiger partial charge in [-0.05, 0) is 21.9 Å². The van der Waals surface area contributed by atoms with Crippen LogP contribution in [0.3, 0.4) is 0 Å². The van der Waals surface area contributed by atoms with Crippen molar-refractivity contribution in [3.63, 3.8) is 0 Å². The van der Waals surface area contributed by atoms with Crippen LogP contribution in [0.4, 0.5) is 0 Å². The largest absolute Gasteiger partial charge is 0.388 e. The van der Waals surface area contributed by atoms with Gasteiger partial charge >= 0.3 is 0 Å². The predicted molar refractivity (Wildman–Crippen MR) is 35.6 cm³/mol. The van der Waals surface area contributed by atoms with Crippen molar-refractivity contribution in [2.75, 3.05) is 14.2 Å². The molecule has 36 valence electrons. The highest BCUT2D eigenvalue weighted by atomic mass is 28.1. The maximum atomic E-state index is 4.25. The van der Waals surface area contributed by atoms with Crippen molar-refractivity contribution in [3.8, 4) is 0 Å². The number of hydrogen-bond acceptors (Lipinski definition) is 1. The zero-order chi connectivity index (χ0) is 2.71. The van der Waals surface area contributed by atoms with Gasteiger partial charge in [-0.1, -0.05) is 0 Å². The topological polar surface area (TPSA) is 9.23 Å². The molecule has 0 rings (SSSR count). The summed E-state index contributed by atoms with van der Waals surface area (Å²) in [5.74, 6) is 0. The molecule has 0 saturated carbocycles. The van der Waals surface area contributed by atoms with E-state index in [4.69, 9.17) is 0 Å². The molecule has 0 saturated heterocycles. The van der Waals surface area contributed by atoms with Gasteiger partial charge in [0.1, 0.15) is 0 Å². The average molecular weight is 110 g/mol. The molecule has 0 aliphatic rings. The van der Waals surface area contributed by atoms with Crippen LogP contribution in [0.2, 0.25) is 0 Å². The minimum atomic E-state index is 0. The van der Waals surface area contributed by atoms with E-state index in [-0.39, 0.29) is 21.9 Å². The minimum absolute atomic E-state index is 0. The number of ether oxygens (including phenoxy) is 1. The van der Waals surface area contributed by atoms with Gasteiger partial charge in [0.2, 0.25) is 0 Å². The third-order valence-corrected chi connectivity index (χ3v) is 0. The summed E-state index contributed by atoms with van der Waals surface area (Å²) in [4.78, 5) is 0. The van der Waals surface area contributed by atoms with Crippen molar-refractivity contribution in [1.29, 1.82) is 0 Å². The standard InChI is InChI=1S/C2H6O.2H4Si/c1-3-2;;/h1-2H3;2*1H4. The normalized spacial score (nSPS) is 3.60. The third kappa shape index (κ3) is 162. The monoisotopic (exact) mass is 110 g/mol. The number of hydrogen-bond donors (Lipinski definition) is 0. The van der Waals surface area contributed by atoms with Gasteiger partial charge in [-0.15, -0.1) is 0 Å². The van der Waals surface area contributed by atoms with Gasteiger partial charge in [0.05, 0.1) is 0 Å². The molecule has 0 fully saturated rings. The van der Waals surface area contributed by atoms with E-state index in [1.165, 1.54) is 0 Å². The predicted octanol–water partition coefficient (Wildman–Crippen LogP) is -2.64. The van der Waals surface area contributed by atoms with Gasteiger partial charge in [0.25, 0.3) is 0 Å². The van der Waals surface area contributed by atoms with E-state index >= 15 is 0 Å². The van der Waals surface area contributed by atoms with Crippen molar-refractivity contribution in [3.05, 3.63) is 0 Å². The van der Waals surface area contributed by atoms with Gasteiger partial charge in [-0.2, -0.15) is 0 Å². The Morgan fingerprint density at radius 2 is 1.00 bits per heavy atom. The Morgan fingerprint density at radius 3 is 1.00 bits per heavy atom. The molecule has 0 radical (unpaired) electrons. The highest BCUT2D eigenvalue weighted by molar-refractivity contribution is 5.76. The molecule has 0 heterocycles. The maximum Gasteiger partial charge on any atom is 0.0351 e. The maximum absolute atomic E-state index is 4.25. The van der Waals surface area contributed by atoms with Gasteiger partial charge in [0.15, 0.2) is 0 Å². The molecule has 0 bridgehead atoms. The summed E-state index contributed by atoms with van der Waals surface area (Å²) >= 11 is 0. The second-order valence-electron chi connectivity index (χ2n) is 0.408. The molecule has 0 aliphatic carbocycles. The summed E-state index contributed by atoms with van der Waals surface area (Å²) in [7, 11) is 3.25. The molecule has 0 atom stereocenters. The molecule has 0 aromatic carbocycles. The molecule has 1 nitrogen and oxygen atoms in total. The quantitative estimate of drug-likeness (QED) is 0.310. The van der Waals surface area contributed by atoms with E-state index in [1.807, 2.05) is 0 Å². The first-order valence-electron chi connectivity index (χ1n) is 0.816. The van der Waals surface area contributed by atoms with E-state index in [9.17, 15) is 0 Å². The number of methoxy groups -OCH3 is 1. The second kappa shape index (κ2) is 26.1. The molecule has 0 aromatic heterocycles. The Balaban J connectivity index is -0.0000000200.